The molecule has 0 amide bonds. The summed E-state index contributed by atoms with van der Waals surface area (Å²) in [6.07, 6.45) is 5.24. The fraction of sp³-hybridized carbons (Fsp3) is 0.533. The van der Waals surface area contributed by atoms with Gasteiger partial charge in [-0.2, -0.15) is 0 Å². The highest BCUT2D eigenvalue weighted by molar-refractivity contribution is 7.12. The number of nitrogens with zero attached hydrogens (tertiary/aromatic N) is 1. The average Bonchev–Trinajstić information content (AvgIpc) is 3.01. The largest absolute Gasteiger partial charge is 0.361 e. The van der Waals surface area contributed by atoms with Gasteiger partial charge in [-0.1, -0.05) is 5.16 Å². The standard InChI is InChI=1S/C15H20N2OS/c1-10-7-13(17-18-10)9-16-11(2)15-8-12-5-3-4-6-14(12)19-15/h7-8,11,16H,3-6,9H2,1-2H3. The second-order valence-electron chi connectivity index (χ2n) is 5.34. The summed E-state index contributed by atoms with van der Waals surface area (Å²) in [5, 5.41) is 7.54. The maximum absolute atomic E-state index is 5.08. The minimum Gasteiger partial charge on any atom is -0.361 e. The molecule has 102 valence electrons. The third-order valence-electron chi connectivity index (χ3n) is 3.71. The van der Waals surface area contributed by atoms with Gasteiger partial charge in [0.05, 0.1) is 5.69 Å². The van der Waals surface area contributed by atoms with Crippen molar-refractivity contribution >= 4 is 11.3 Å². The zero-order valence-electron chi connectivity index (χ0n) is 11.5. The van der Waals surface area contributed by atoms with E-state index in [4.69, 9.17) is 4.52 Å². The Kier molecular flexibility index (Phi) is 3.71. The van der Waals surface area contributed by atoms with Gasteiger partial charge in [0.25, 0.3) is 0 Å². The van der Waals surface area contributed by atoms with Crippen LogP contribution in [0.5, 0.6) is 0 Å². The van der Waals surface area contributed by atoms with E-state index in [9.17, 15) is 0 Å². The first-order valence-electron chi connectivity index (χ1n) is 6.99. The van der Waals surface area contributed by atoms with Gasteiger partial charge < -0.3 is 9.84 Å². The summed E-state index contributed by atoms with van der Waals surface area (Å²) in [5.74, 6) is 0.871. The van der Waals surface area contributed by atoms with Crippen molar-refractivity contribution in [3.63, 3.8) is 0 Å². The van der Waals surface area contributed by atoms with Crippen molar-refractivity contribution in [2.75, 3.05) is 0 Å². The average molecular weight is 276 g/mol. The highest BCUT2D eigenvalue weighted by Crippen LogP contribution is 2.32. The lowest BCUT2D eigenvalue weighted by atomic mass is 9.99. The van der Waals surface area contributed by atoms with Crippen LogP contribution in [-0.2, 0) is 19.4 Å². The molecule has 1 N–H and O–H groups in total. The fourth-order valence-corrected chi connectivity index (χ4v) is 3.87. The normalized spacial score (nSPS) is 16.3. The van der Waals surface area contributed by atoms with Gasteiger partial charge in [0, 0.05) is 28.4 Å². The summed E-state index contributed by atoms with van der Waals surface area (Å²) in [5.41, 5.74) is 2.56. The zero-order valence-corrected chi connectivity index (χ0v) is 12.3. The molecule has 2 aromatic rings. The Morgan fingerprint density at radius 2 is 2.21 bits per heavy atom. The molecule has 3 rings (SSSR count). The molecule has 1 atom stereocenters. The maximum Gasteiger partial charge on any atom is 0.133 e. The molecule has 0 saturated carbocycles. The van der Waals surface area contributed by atoms with E-state index in [2.05, 4.69) is 23.5 Å². The van der Waals surface area contributed by atoms with E-state index in [1.807, 2.05) is 24.3 Å². The lowest BCUT2D eigenvalue weighted by Crippen LogP contribution is -2.17. The molecule has 0 aliphatic heterocycles. The fourth-order valence-electron chi connectivity index (χ4n) is 2.59. The number of rotatable bonds is 4. The molecule has 1 aliphatic carbocycles. The van der Waals surface area contributed by atoms with Gasteiger partial charge in [0.15, 0.2) is 0 Å². The SMILES string of the molecule is Cc1cc(CNC(C)c2cc3c(s2)CCCC3)no1. The lowest BCUT2D eigenvalue weighted by Gasteiger charge is -2.10. The zero-order chi connectivity index (χ0) is 13.2. The van der Waals surface area contributed by atoms with Crippen LogP contribution in [0.3, 0.4) is 0 Å². The summed E-state index contributed by atoms with van der Waals surface area (Å²) < 4.78 is 5.08. The number of fused-ring (bicyclic) bond motifs is 1. The van der Waals surface area contributed by atoms with Crippen LogP contribution in [0.4, 0.5) is 0 Å². The van der Waals surface area contributed by atoms with Crippen LogP contribution in [0.1, 0.15) is 52.6 Å². The van der Waals surface area contributed by atoms with Gasteiger partial charge in [-0.25, -0.2) is 0 Å². The van der Waals surface area contributed by atoms with Crippen LogP contribution in [-0.4, -0.2) is 5.16 Å². The Balaban J connectivity index is 1.63. The molecule has 0 aromatic carbocycles. The van der Waals surface area contributed by atoms with Crippen LogP contribution < -0.4 is 5.32 Å². The molecular weight excluding hydrogens is 256 g/mol. The predicted molar refractivity (Wildman–Crippen MR) is 77.5 cm³/mol. The number of hydrogen-bond donors (Lipinski definition) is 1. The molecule has 1 aliphatic rings. The van der Waals surface area contributed by atoms with Gasteiger partial charge in [-0.05, 0) is 51.2 Å². The molecule has 0 saturated heterocycles. The van der Waals surface area contributed by atoms with Gasteiger partial charge >= 0.3 is 0 Å². The van der Waals surface area contributed by atoms with Gasteiger partial charge in [-0.15, -0.1) is 11.3 Å². The Hall–Kier alpha value is -1.13. The summed E-state index contributed by atoms with van der Waals surface area (Å²) in [4.78, 5) is 3.05. The highest BCUT2D eigenvalue weighted by Gasteiger charge is 2.16. The molecule has 0 spiro atoms. The molecule has 1 unspecified atom stereocenters. The third-order valence-corrected chi connectivity index (χ3v) is 5.13. The Bertz CT molecular complexity index is 535. The van der Waals surface area contributed by atoms with Crippen LogP contribution in [0.15, 0.2) is 16.7 Å². The van der Waals surface area contributed by atoms with Crippen molar-refractivity contribution < 1.29 is 4.52 Å². The molecule has 0 fully saturated rings. The Labute approximate surface area is 118 Å². The van der Waals surface area contributed by atoms with E-state index in [-0.39, 0.29) is 0 Å². The van der Waals surface area contributed by atoms with Crippen molar-refractivity contribution in [2.45, 2.75) is 52.1 Å². The van der Waals surface area contributed by atoms with Crippen LogP contribution in [0.25, 0.3) is 0 Å². The minimum atomic E-state index is 0.382. The molecule has 3 nitrogen and oxygen atoms in total. The van der Waals surface area contributed by atoms with Crippen molar-refractivity contribution in [1.29, 1.82) is 0 Å². The van der Waals surface area contributed by atoms with E-state index < -0.39 is 0 Å². The van der Waals surface area contributed by atoms with Crippen molar-refractivity contribution in [3.05, 3.63) is 38.9 Å². The monoisotopic (exact) mass is 276 g/mol. The first kappa shape index (κ1) is 12.9. The Morgan fingerprint density at radius 1 is 1.37 bits per heavy atom. The summed E-state index contributed by atoms with van der Waals surface area (Å²) >= 11 is 1.98. The minimum absolute atomic E-state index is 0.382. The van der Waals surface area contributed by atoms with E-state index in [1.54, 1.807) is 10.4 Å². The number of hydrogen-bond acceptors (Lipinski definition) is 4. The lowest BCUT2D eigenvalue weighted by molar-refractivity contribution is 0.386. The number of aromatic nitrogens is 1. The van der Waals surface area contributed by atoms with E-state index in [0.717, 1.165) is 18.0 Å². The van der Waals surface area contributed by atoms with E-state index in [0.29, 0.717) is 6.04 Å². The molecule has 0 bridgehead atoms. The molecular formula is C15H20N2OS. The van der Waals surface area contributed by atoms with Gasteiger partial charge in [0.1, 0.15) is 5.76 Å². The second kappa shape index (κ2) is 5.47. The molecule has 2 heterocycles. The molecule has 4 heteroatoms. The van der Waals surface area contributed by atoms with Crippen molar-refractivity contribution in [1.82, 2.24) is 10.5 Å². The van der Waals surface area contributed by atoms with E-state index >= 15 is 0 Å². The van der Waals surface area contributed by atoms with Crippen LogP contribution >= 0.6 is 11.3 Å². The summed E-state index contributed by atoms with van der Waals surface area (Å²) in [7, 11) is 0. The topological polar surface area (TPSA) is 38.1 Å². The highest BCUT2D eigenvalue weighted by atomic mass is 32.1. The number of aryl methyl sites for hydroxylation is 3. The first-order valence-corrected chi connectivity index (χ1v) is 7.81. The Morgan fingerprint density at radius 3 is 2.95 bits per heavy atom. The summed E-state index contributed by atoms with van der Waals surface area (Å²) in [6, 6.07) is 4.76. The van der Waals surface area contributed by atoms with Gasteiger partial charge in [0.2, 0.25) is 0 Å². The van der Waals surface area contributed by atoms with Crippen LogP contribution in [0, 0.1) is 6.92 Å². The smallest absolute Gasteiger partial charge is 0.133 e. The number of thiophene rings is 1. The van der Waals surface area contributed by atoms with Crippen molar-refractivity contribution in [2.24, 2.45) is 0 Å². The third kappa shape index (κ3) is 2.90. The molecule has 0 radical (unpaired) electrons. The van der Waals surface area contributed by atoms with Crippen LogP contribution in [0.2, 0.25) is 0 Å². The predicted octanol–water partition coefficient (Wildman–Crippen LogP) is 3.77. The van der Waals surface area contributed by atoms with Gasteiger partial charge in [-0.3, -0.25) is 0 Å². The molecule has 2 aromatic heterocycles. The number of nitrogens with one attached hydrogen (secondary N) is 1. The molecule has 19 heavy (non-hydrogen) atoms. The first-order chi connectivity index (χ1) is 9.22. The summed E-state index contributed by atoms with van der Waals surface area (Å²) in [6.45, 7) is 4.92. The quantitative estimate of drug-likeness (QED) is 0.923. The second-order valence-corrected chi connectivity index (χ2v) is 6.50. The van der Waals surface area contributed by atoms with E-state index in [1.165, 1.54) is 30.6 Å². The maximum atomic E-state index is 5.08. The van der Waals surface area contributed by atoms with Crippen molar-refractivity contribution in [3.8, 4) is 0 Å².